The molecule has 3 rings (SSSR count). The van der Waals surface area contributed by atoms with E-state index < -0.39 is 0 Å². The lowest BCUT2D eigenvalue weighted by Gasteiger charge is -2.34. The lowest BCUT2D eigenvalue weighted by Crippen LogP contribution is -2.48. The van der Waals surface area contributed by atoms with Gasteiger partial charge in [0.2, 0.25) is 16.9 Å². The summed E-state index contributed by atoms with van der Waals surface area (Å²) in [6.07, 6.45) is 1.32. The molecule has 0 aliphatic carbocycles. The summed E-state index contributed by atoms with van der Waals surface area (Å²) in [6, 6.07) is 10.1. The Morgan fingerprint density at radius 1 is 1.15 bits per heavy atom. The first-order valence-corrected chi connectivity index (χ1v) is 10.7. The number of anilines is 1. The number of hydrogen-bond acceptors (Lipinski definition) is 7. The summed E-state index contributed by atoms with van der Waals surface area (Å²) in [5.74, 6) is 0.520. The van der Waals surface area contributed by atoms with E-state index in [1.54, 1.807) is 7.05 Å². The number of nitrogens with zero attached hydrogens (tertiary/aromatic N) is 4. The van der Waals surface area contributed by atoms with E-state index in [1.807, 2.05) is 23.1 Å². The molecule has 0 radical (unpaired) electrons. The lowest BCUT2D eigenvalue weighted by atomic mass is 10.1. The van der Waals surface area contributed by atoms with E-state index in [-0.39, 0.29) is 11.8 Å². The zero-order chi connectivity index (χ0) is 19.1. The van der Waals surface area contributed by atoms with Crippen LogP contribution in [0.5, 0.6) is 0 Å². The predicted octanol–water partition coefficient (Wildman–Crippen LogP) is 1.66. The van der Waals surface area contributed by atoms with Crippen molar-refractivity contribution in [3.8, 4) is 0 Å². The molecule has 0 unspecified atom stereocenters. The van der Waals surface area contributed by atoms with Crippen LogP contribution >= 0.6 is 23.1 Å². The summed E-state index contributed by atoms with van der Waals surface area (Å²) < 4.78 is 0.787. The molecule has 1 aromatic carbocycles. The van der Waals surface area contributed by atoms with E-state index in [2.05, 4.69) is 32.5 Å². The van der Waals surface area contributed by atoms with Crippen LogP contribution in [0.15, 0.2) is 34.7 Å². The number of aryl methyl sites for hydroxylation is 1. The summed E-state index contributed by atoms with van der Waals surface area (Å²) in [4.78, 5) is 27.8. The van der Waals surface area contributed by atoms with Crippen molar-refractivity contribution < 1.29 is 9.59 Å². The molecule has 0 spiro atoms. The zero-order valence-electron chi connectivity index (χ0n) is 15.3. The van der Waals surface area contributed by atoms with Crippen molar-refractivity contribution in [3.05, 3.63) is 35.9 Å². The summed E-state index contributed by atoms with van der Waals surface area (Å²) in [5.41, 5.74) is 1.19. The highest BCUT2D eigenvalue weighted by Gasteiger charge is 2.23. The zero-order valence-corrected chi connectivity index (χ0v) is 16.9. The Hall–Kier alpha value is -2.13. The fourth-order valence-electron chi connectivity index (χ4n) is 2.79. The van der Waals surface area contributed by atoms with E-state index in [0.29, 0.717) is 25.3 Å². The fraction of sp³-hybridized carbons (Fsp3) is 0.444. The molecule has 1 aliphatic heterocycles. The number of rotatable bonds is 7. The quantitative estimate of drug-likeness (QED) is 0.706. The monoisotopic (exact) mass is 405 g/mol. The normalized spacial score (nSPS) is 14.3. The maximum Gasteiger partial charge on any atom is 0.230 e. The van der Waals surface area contributed by atoms with Crippen molar-refractivity contribution in [1.29, 1.82) is 0 Å². The molecular formula is C18H23N5O2S2. The summed E-state index contributed by atoms with van der Waals surface area (Å²) in [7, 11) is 1.62. The van der Waals surface area contributed by atoms with Crippen LogP contribution in [-0.2, 0) is 16.0 Å². The minimum atomic E-state index is -0.0284. The average Bonchev–Trinajstić information content (AvgIpc) is 3.20. The molecule has 1 fully saturated rings. The first-order chi connectivity index (χ1) is 13.2. The molecule has 2 heterocycles. The third-order valence-corrected chi connectivity index (χ3v) is 6.49. The second kappa shape index (κ2) is 9.70. The molecule has 1 saturated heterocycles. The first kappa shape index (κ1) is 19.6. The number of aromatic nitrogens is 2. The number of benzene rings is 1. The van der Waals surface area contributed by atoms with Gasteiger partial charge in [-0.25, -0.2) is 0 Å². The summed E-state index contributed by atoms with van der Waals surface area (Å²) in [6.45, 7) is 2.92. The van der Waals surface area contributed by atoms with Crippen LogP contribution in [0.25, 0.3) is 0 Å². The maximum absolute atomic E-state index is 12.4. The van der Waals surface area contributed by atoms with Gasteiger partial charge in [-0.15, -0.1) is 10.2 Å². The molecule has 0 bridgehead atoms. The summed E-state index contributed by atoms with van der Waals surface area (Å²) in [5, 5.41) is 11.8. The minimum absolute atomic E-state index is 0.0284. The van der Waals surface area contributed by atoms with Crippen LogP contribution in [0.1, 0.15) is 12.0 Å². The van der Waals surface area contributed by atoms with Crippen LogP contribution in [0, 0.1) is 0 Å². The molecule has 144 valence electrons. The number of carbonyl (C=O) groups is 2. The van der Waals surface area contributed by atoms with Crippen molar-refractivity contribution in [2.75, 3.05) is 43.9 Å². The number of amides is 2. The van der Waals surface area contributed by atoms with Gasteiger partial charge in [0.25, 0.3) is 0 Å². The minimum Gasteiger partial charge on any atom is -0.358 e. The number of carbonyl (C=O) groups excluding carboxylic acids is 2. The Kier molecular flexibility index (Phi) is 7.05. The molecule has 1 aliphatic rings. The van der Waals surface area contributed by atoms with Crippen molar-refractivity contribution >= 4 is 40.0 Å². The summed E-state index contributed by atoms with van der Waals surface area (Å²) >= 11 is 2.88. The van der Waals surface area contributed by atoms with Gasteiger partial charge in [0.05, 0.1) is 5.75 Å². The van der Waals surface area contributed by atoms with Gasteiger partial charge in [-0.2, -0.15) is 0 Å². The van der Waals surface area contributed by atoms with Crippen LogP contribution in [0.2, 0.25) is 0 Å². The topological polar surface area (TPSA) is 78.4 Å². The molecule has 2 amide bonds. The fourth-order valence-corrected chi connectivity index (χ4v) is 4.55. The van der Waals surface area contributed by atoms with Crippen LogP contribution in [0.4, 0.5) is 5.13 Å². The van der Waals surface area contributed by atoms with Gasteiger partial charge >= 0.3 is 0 Å². The molecule has 1 aromatic heterocycles. The maximum atomic E-state index is 12.4. The van der Waals surface area contributed by atoms with Gasteiger partial charge in [-0.3, -0.25) is 9.59 Å². The van der Waals surface area contributed by atoms with Gasteiger partial charge in [0, 0.05) is 39.6 Å². The third kappa shape index (κ3) is 5.67. The van der Waals surface area contributed by atoms with Crippen molar-refractivity contribution in [2.45, 2.75) is 17.2 Å². The van der Waals surface area contributed by atoms with Crippen molar-refractivity contribution in [2.24, 2.45) is 0 Å². The number of piperazine rings is 1. The van der Waals surface area contributed by atoms with E-state index in [4.69, 9.17) is 0 Å². The molecule has 27 heavy (non-hydrogen) atoms. The van der Waals surface area contributed by atoms with Gasteiger partial charge in [0.1, 0.15) is 0 Å². The average molecular weight is 406 g/mol. The lowest BCUT2D eigenvalue weighted by molar-refractivity contribution is -0.131. The smallest absolute Gasteiger partial charge is 0.230 e. The van der Waals surface area contributed by atoms with Crippen molar-refractivity contribution in [3.63, 3.8) is 0 Å². The molecule has 9 heteroatoms. The Bertz CT molecular complexity index is 760. The number of nitrogens with one attached hydrogen (secondary N) is 1. The highest BCUT2D eigenvalue weighted by Crippen LogP contribution is 2.28. The van der Waals surface area contributed by atoms with E-state index in [9.17, 15) is 9.59 Å². The van der Waals surface area contributed by atoms with Gasteiger partial charge in [0.15, 0.2) is 4.34 Å². The first-order valence-electron chi connectivity index (χ1n) is 8.89. The van der Waals surface area contributed by atoms with E-state index in [0.717, 1.165) is 29.0 Å². The molecule has 2 aromatic rings. The SMILES string of the molecule is CNC(=O)CSc1nnc(N2CCN(C(=O)CCc3ccccc3)CC2)s1. The predicted molar refractivity (Wildman–Crippen MR) is 108 cm³/mol. The van der Waals surface area contributed by atoms with Gasteiger partial charge in [-0.1, -0.05) is 53.4 Å². The van der Waals surface area contributed by atoms with E-state index in [1.165, 1.54) is 28.7 Å². The van der Waals surface area contributed by atoms with Crippen LogP contribution < -0.4 is 10.2 Å². The third-order valence-electron chi connectivity index (χ3n) is 4.37. The largest absolute Gasteiger partial charge is 0.358 e. The second-order valence-electron chi connectivity index (χ2n) is 6.17. The molecular weight excluding hydrogens is 382 g/mol. The Morgan fingerprint density at radius 3 is 2.59 bits per heavy atom. The van der Waals surface area contributed by atoms with Gasteiger partial charge in [-0.05, 0) is 12.0 Å². The van der Waals surface area contributed by atoms with E-state index >= 15 is 0 Å². The highest BCUT2D eigenvalue weighted by atomic mass is 32.2. The molecule has 1 N–H and O–H groups in total. The number of thioether (sulfide) groups is 1. The second-order valence-corrected chi connectivity index (χ2v) is 8.34. The Morgan fingerprint density at radius 2 is 1.89 bits per heavy atom. The standard InChI is InChI=1S/C18H23N5O2S2/c1-19-15(24)13-26-18-21-20-17(27-18)23-11-9-22(10-12-23)16(25)8-7-14-5-3-2-4-6-14/h2-6H,7-13H2,1H3,(H,19,24). The Balaban J connectivity index is 1.44. The van der Waals surface area contributed by atoms with Crippen LogP contribution in [-0.4, -0.2) is 65.9 Å². The highest BCUT2D eigenvalue weighted by molar-refractivity contribution is 8.01. The molecule has 0 atom stereocenters. The molecule has 7 nitrogen and oxygen atoms in total. The van der Waals surface area contributed by atoms with Crippen LogP contribution in [0.3, 0.4) is 0 Å². The Labute approximate surface area is 167 Å². The van der Waals surface area contributed by atoms with Gasteiger partial charge < -0.3 is 15.1 Å². The number of hydrogen-bond donors (Lipinski definition) is 1. The van der Waals surface area contributed by atoms with Crippen molar-refractivity contribution in [1.82, 2.24) is 20.4 Å². The molecule has 0 saturated carbocycles.